The van der Waals surface area contributed by atoms with Crippen molar-refractivity contribution in [2.75, 3.05) is 7.11 Å². The molecule has 0 bridgehead atoms. The van der Waals surface area contributed by atoms with Crippen LogP contribution in [0, 0.1) is 13.8 Å². The third-order valence-electron chi connectivity index (χ3n) is 5.38. The van der Waals surface area contributed by atoms with Crippen molar-refractivity contribution in [2.24, 2.45) is 0 Å². The Morgan fingerprint density at radius 3 is 2.79 bits per heavy atom. The number of furan rings is 1. The molecule has 168 valence electrons. The van der Waals surface area contributed by atoms with E-state index in [1.54, 1.807) is 25.6 Å². The van der Waals surface area contributed by atoms with E-state index in [2.05, 4.69) is 20.5 Å². The van der Waals surface area contributed by atoms with Crippen molar-refractivity contribution in [1.82, 2.24) is 20.5 Å². The highest BCUT2D eigenvalue weighted by Crippen LogP contribution is 2.30. The van der Waals surface area contributed by atoms with Crippen LogP contribution in [0.15, 0.2) is 65.4 Å². The van der Waals surface area contributed by atoms with Gasteiger partial charge >= 0.3 is 0 Å². The van der Waals surface area contributed by atoms with E-state index in [4.69, 9.17) is 9.15 Å². The minimum atomic E-state index is -0.299. The first-order chi connectivity index (χ1) is 16.0. The molecule has 4 rings (SSSR count). The fraction of sp³-hybridized carbons (Fsp3) is 0.192. The highest BCUT2D eigenvalue weighted by Gasteiger charge is 2.16. The lowest BCUT2D eigenvalue weighted by atomic mass is 10.00. The van der Waals surface area contributed by atoms with Crippen LogP contribution in [0.5, 0.6) is 5.75 Å². The van der Waals surface area contributed by atoms with Crippen molar-refractivity contribution in [3.05, 3.63) is 83.7 Å². The molecular weight excluding hydrogens is 416 g/mol. The minimum absolute atomic E-state index is 0.225. The third-order valence-corrected chi connectivity index (χ3v) is 5.38. The summed E-state index contributed by atoms with van der Waals surface area (Å²) in [4.78, 5) is 17.2. The fourth-order valence-corrected chi connectivity index (χ4v) is 3.81. The number of carbonyl (C=O) groups excluding carboxylic acids is 1. The van der Waals surface area contributed by atoms with Gasteiger partial charge in [-0.3, -0.25) is 14.9 Å². The fourth-order valence-electron chi connectivity index (χ4n) is 3.81. The number of aromatic amines is 1. The second-order valence-electron chi connectivity index (χ2n) is 7.76. The van der Waals surface area contributed by atoms with Crippen molar-refractivity contribution in [3.8, 4) is 28.1 Å². The van der Waals surface area contributed by atoms with Crippen molar-refractivity contribution in [1.29, 1.82) is 0 Å². The largest absolute Gasteiger partial charge is 0.497 e. The van der Waals surface area contributed by atoms with Gasteiger partial charge in [0.2, 0.25) is 5.91 Å². The Balaban J connectivity index is 1.51. The normalized spacial score (nSPS) is 12.1. The van der Waals surface area contributed by atoms with Gasteiger partial charge in [-0.25, -0.2) is 0 Å². The maximum atomic E-state index is 12.7. The molecule has 0 aliphatic heterocycles. The summed E-state index contributed by atoms with van der Waals surface area (Å²) in [6.07, 6.45) is 6.65. The van der Waals surface area contributed by atoms with Gasteiger partial charge in [0.15, 0.2) is 0 Å². The third kappa shape index (κ3) is 4.87. The summed E-state index contributed by atoms with van der Waals surface area (Å²) < 4.78 is 11.0. The number of rotatable bonds is 7. The molecule has 7 heteroatoms. The van der Waals surface area contributed by atoms with Gasteiger partial charge in [-0.05, 0) is 56.7 Å². The van der Waals surface area contributed by atoms with Crippen LogP contribution in [-0.2, 0) is 4.79 Å². The molecule has 0 saturated heterocycles. The molecule has 0 radical (unpaired) electrons. The Bertz CT molecular complexity index is 1300. The molecule has 0 saturated carbocycles. The van der Waals surface area contributed by atoms with Gasteiger partial charge in [-0.15, -0.1) is 0 Å². The number of ether oxygens (including phenoxy) is 1. The number of aryl methyl sites for hydroxylation is 2. The number of pyridine rings is 1. The van der Waals surface area contributed by atoms with Gasteiger partial charge in [0.1, 0.15) is 17.3 Å². The van der Waals surface area contributed by atoms with Crippen LogP contribution in [0.25, 0.3) is 28.5 Å². The van der Waals surface area contributed by atoms with Crippen molar-refractivity contribution >= 4 is 12.0 Å². The predicted molar refractivity (Wildman–Crippen MR) is 128 cm³/mol. The van der Waals surface area contributed by atoms with Crippen molar-refractivity contribution in [3.63, 3.8) is 0 Å². The molecule has 0 aliphatic rings. The van der Waals surface area contributed by atoms with Crippen LogP contribution in [0.4, 0.5) is 0 Å². The number of carbonyl (C=O) groups is 1. The molecule has 3 aromatic heterocycles. The van der Waals surface area contributed by atoms with E-state index in [1.807, 2.05) is 63.2 Å². The van der Waals surface area contributed by atoms with E-state index in [9.17, 15) is 4.79 Å². The first-order valence-corrected chi connectivity index (χ1v) is 10.6. The van der Waals surface area contributed by atoms with Gasteiger partial charge < -0.3 is 14.5 Å². The Morgan fingerprint density at radius 2 is 2.03 bits per heavy atom. The number of H-pyrrole nitrogens is 1. The number of benzene rings is 1. The second-order valence-corrected chi connectivity index (χ2v) is 7.76. The molecule has 0 spiro atoms. The maximum Gasteiger partial charge on any atom is 0.244 e. The second kappa shape index (κ2) is 9.56. The van der Waals surface area contributed by atoms with E-state index in [0.29, 0.717) is 0 Å². The van der Waals surface area contributed by atoms with Gasteiger partial charge in [0, 0.05) is 29.0 Å². The molecule has 0 fully saturated rings. The zero-order valence-electron chi connectivity index (χ0n) is 19.0. The molecule has 7 nitrogen and oxygen atoms in total. The van der Waals surface area contributed by atoms with E-state index >= 15 is 0 Å². The highest BCUT2D eigenvalue weighted by molar-refractivity contribution is 5.93. The number of hydrogen-bond donors (Lipinski definition) is 2. The average Bonchev–Trinajstić information content (AvgIpc) is 3.42. The number of aromatic nitrogens is 3. The predicted octanol–water partition coefficient (Wildman–Crippen LogP) is 5.25. The summed E-state index contributed by atoms with van der Waals surface area (Å²) in [5.41, 5.74) is 5.23. The van der Waals surface area contributed by atoms with E-state index in [1.165, 1.54) is 6.08 Å². The van der Waals surface area contributed by atoms with Crippen LogP contribution in [-0.4, -0.2) is 28.2 Å². The Kier molecular flexibility index (Phi) is 6.40. The topological polar surface area (TPSA) is 93.0 Å². The maximum absolute atomic E-state index is 12.7. The highest BCUT2D eigenvalue weighted by atomic mass is 16.5. The summed E-state index contributed by atoms with van der Waals surface area (Å²) in [5.74, 6) is 2.16. The molecule has 1 unspecified atom stereocenters. The van der Waals surface area contributed by atoms with Gasteiger partial charge in [0.05, 0.1) is 30.7 Å². The van der Waals surface area contributed by atoms with Crippen LogP contribution in [0.2, 0.25) is 0 Å². The zero-order valence-corrected chi connectivity index (χ0v) is 19.0. The van der Waals surface area contributed by atoms with Gasteiger partial charge in [0.25, 0.3) is 0 Å². The zero-order chi connectivity index (χ0) is 23.4. The first kappa shape index (κ1) is 22.1. The molecule has 2 N–H and O–H groups in total. The quantitative estimate of drug-likeness (QED) is 0.382. The number of nitrogens with zero attached hydrogens (tertiary/aromatic N) is 2. The summed E-state index contributed by atoms with van der Waals surface area (Å²) in [6, 6.07) is 13.3. The Labute approximate surface area is 192 Å². The Hall–Kier alpha value is -4.13. The van der Waals surface area contributed by atoms with E-state index < -0.39 is 0 Å². The number of nitrogens with one attached hydrogen (secondary N) is 2. The lowest BCUT2D eigenvalue weighted by molar-refractivity contribution is -0.117. The van der Waals surface area contributed by atoms with Crippen LogP contribution in [0.3, 0.4) is 0 Å². The minimum Gasteiger partial charge on any atom is -0.497 e. The van der Waals surface area contributed by atoms with Crippen molar-refractivity contribution < 1.29 is 13.9 Å². The SMILES string of the molecule is COc1cccc(-c2cccnc2C(C)NC(=O)/C=C/c2cn[nH]c2-c2cc(C)oc2C)c1. The van der Waals surface area contributed by atoms with Crippen molar-refractivity contribution in [2.45, 2.75) is 26.8 Å². The smallest absolute Gasteiger partial charge is 0.244 e. The van der Waals surface area contributed by atoms with Crippen LogP contribution >= 0.6 is 0 Å². The number of hydrogen-bond acceptors (Lipinski definition) is 5. The first-order valence-electron chi connectivity index (χ1n) is 10.6. The van der Waals surface area contributed by atoms with Crippen LogP contribution in [0.1, 0.15) is 35.7 Å². The molecule has 1 atom stereocenters. The average molecular weight is 443 g/mol. The Morgan fingerprint density at radius 1 is 1.18 bits per heavy atom. The summed E-state index contributed by atoms with van der Waals surface area (Å²) >= 11 is 0. The van der Waals surface area contributed by atoms with Crippen LogP contribution < -0.4 is 10.1 Å². The number of amides is 1. The molecule has 1 amide bonds. The summed E-state index contributed by atoms with van der Waals surface area (Å²) in [7, 11) is 1.64. The number of methoxy groups -OCH3 is 1. The molecule has 3 heterocycles. The lowest BCUT2D eigenvalue weighted by Gasteiger charge is -2.16. The molecule has 1 aromatic carbocycles. The molecule has 33 heavy (non-hydrogen) atoms. The van der Waals surface area contributed by atoms with E-state index in [0.717, 1.165) is 50.9 Å². The molecule has 0 aliphatic carbocycles. The summed E-state index contributed by atoms with van der Waals surface area (Å²) in [5, 5.41) is 10.1. The standard InChI is InChI=1S/C26H26N4O3/c1-16-13-23(18(3)33-16)26-20(15-28-30-26)10-11-24(31)29-17(2)25-22(9-6-12-27-25)19-7-5-8-21(14-19)32-4/h5-15,17H,1-4H3,(H,28,30)(H,29,31)/b11-10+. The monoisotopic (exact) mass is 442 g/mol. The molecule has 4 aromatic rings. The lowest BCUT2D eigenvalue weighted by Crippen LogP contribution is -2.25. The molecular formula is C26H26N4O3. The van der Waals surface area contributed by atoms with E-state index in [-0.39, 0.29) is 11.9 Å². The van der Waals surface area contributed by atoms with Gasteiger partial charge in [-0.2, -0.15) is 5.10 Å². The van der Waals surface area contributed by atoms with Gasteiger partial charge in [-0.1, -0.05) is 18.2 Å². The summed E-state index contributed by atoms with van der Waals surface area (Å²) in [6.45, 7) is 5.71.